The van der Waals surface area contributed by atoms with Gasteiger partial charge in [0.15, 0.2) is 29.7 Å². The lowest BCUT2D eigenvalue weighted by atomic mass is 9.58. The summed E-state index contributed by atoms with van der Waals surface area (Å²) in [7, 11) is 0. The lowest BCUT2D eigenvalue weighted by Gasteiger charge is -2.52. The highest BCUT2D eigenvalue weighted by Crippen LogP contribution is 2.68. The van der Waals surface area contributed by atoms with Gasteiger partial charge >= 0.3 is 11.9 Å². The minimum absolute atomic E-state index is 0.0507. The minimum atomic E-state index is -0.986. The summed E-state index contributed by atoms with van der Waals surface area (Å²) in [5.41, 5.74) is -0.431. The number of fused-ring (bicyclic) bond motifs is 1. The lowest BCUT2D eigenvalue weighted by Crippen LogP contribution is -2.53. The molecule has 5 nitrogen and oxygen atoms in total. The molecule has 150 valence electrons. The van der Waals surface area contributed by atoms with Crippen molar-refractivity contribution in [2.24, 2.45) is 23.7 Å². The molecule has 1 aromatic rings. The van der Waals surface area contributed by atoms with Crippen molar-refractivity contribution >= 4 is 11.9 Å². The number of benzene rings is 1. The molecule has 0 saturated heterocycles. The highest BCUT2D eigenvalue weighted by molar-refractivity contribution is 5.88. The molecule has 5 unspecified atom stereocenters. The Morgan fingerprint density at radius 1 is 1.18 bits per heavy atom. The average Bonchev–Trinajstić information content (AvgIpc) is 3.02. The van der Waals surface area contributed by atoms with Gasteiger partial charge in [-0.1, -0.05) is 6.58 Å². The first-order valence-electron chi connectivity index (χ1n) is 9.40. The molecule has 3 aliphatic rings. The van der Waals surface area contributed by atoms with Gasteiger partial charge in [-0.3, -0.25) is 0 Å². The number of hydrogen-bond acceptors (Lipinski definition) is 5. The highest BCUT2D eigenvalue weighted by atomic mass is 19.1. The van der Waals surface area contributed by atoms with Gasteiger partial charge in [0.2, 0.25) is 0 Å². The zero-order chi connectivity index (χ0) is 20.2. The third-order valence-corrected chi connectivity index (χ3v) is 6.59. The van der Waals surface area contributed by atoms with Crippen molar-refractivity contribution in [3.63, 3.8) is 0 Å². The molecule has 0 amide bonds. The van der Waals surface area contributed by atoms with Crippen LogP contribution in [0.2, 0.25) is 0 Å². The maximum Gasteiger partial charge on any atom is 0.344 e. The molecule has 3 fully saturated rings. The van der Waals surface area contributed by atoms with Crippen LogP contribution < -0.4 is 9.47 Å². The van der Waals surface area contributed by atoms with E-state index in [0.717, 1.165) is 31.2 Å². The van der Waals surface area contributed by atoms with Gasteiger partial charge in [-0.15, -0.1) is 0 Å². The topological polar surface area (TPSA) is 61.8 Å². The fourth-order valence-electron chi connectivity index (χ4n) is 5.11. The van der Waals surface area contributed by atoms with Crippen LogP contribution in [0.25, 0.3) is 0 Å². The second kappa shape index (κ2) is 6.57. The molecule has 5 atom stereocenters. The van der Waals surface area contributed by atoms with Crippen LogP contribution in [0.1, 0.15) is 33.1 Å². The van der Waals surface area contributed by atoms with E-state index in [0.29, 0.717) is 23.8 Å². The van der Waals surface area contributed by atoms with Crippen LogP contribution in [0, 0.1) is 35.3 Å². The summed E-state index contributed by atoms with van der Waals surface area (Å²) < 4.78 is 43.8. The van der Waals surface area contributed by atoms with Gasteiger partial charge in [-0.2, -0.15) is 0 Å². The Kier molecular flexibility index (Phi) is 4.43. The van der Waals surface area contributed by atoms with E-state index in [2.05, 4.69) is 6.58 Å². The van der Waals surface area contributed by atoms with Gasteiger partial charge in [-0.05, 0) is 50.9 Å². The Bertz CT molecular complexity index is 861. The zero-order valence-corrected chi connectivity index (χ0v) is 15.8. The van der Waals surface area contributed by atoms with Crippen LogP contribution in [0.3, 0.4) is 0 Å². The Balaban J connectivity index is 1.37. The van der Waals surface area contributed by atoms with E-state index in [-0.39, 0.29) is 5.57 Å². The van der Waals surface area contributed by atoms with Crippen molar-refractivity contribution < 1.29 is 32.6 Å². The predicted molar refractivity (Wildman–Crippen MR) is 94.6 cm³/mol. The SMILES string of the molecule is C=C(C)C(=O)Oc1cc(F)c(OCC(=O)OC2(C)C3CC4CC2C4C3)cc1F. The summed E-state index contributed by atoms with van der Waals surface area (Å²) >= 11 is 0. The molecule has 7 heteroatoms. The highest BCUT2D eigenvalue weighted by Gasteiger charge is 2.67. The summed E-state index contributed by atoms with van der Waals surface area (Å²) in [6.45, 7) is 6.21. The van der Waals surface area contributed by atoms with Crippen molar-refractivity contribution in [2.75, 3.05) is 6.61 Å². The van der Waals surface area contributed by atoms with Crippen LogP contribution in [-0.4, -0.2) is 24.1 Å². The number of hydrogen-bond donors (Lipinski definition) is 0. The van der Waals surface area contributed by atoms with Gasteiger partial charge in [0.05, 0.1) is 0 Å². The molecule has 0 aromatic heterocycles. The van der Waals surface area contributed by atoms with Crippen LogP contribution in [0.15, 0.2) is 24.3 Å². The maximum absolute atomic E-state index is 14.1. The first-order chi connectivity index (χ1) is 13.2. The fourth-order valence-corrected chi connectivity index (χ4v) is 5.11. The van der Waals surface area contributed by atoms with Gasteiger partial charge in [0.25, 0.3) is 0 Å². The number of halogens is 2. The van der Waals surface area contributed by atoms with E-state index >= 15 is 0 Å². The molecule has 4 rings (SSSR count). The normalized spacial score (nSPS) is 31.9. The van der Waals surface area contributed by atoms with Crippen molar-refractivity contribution in [3.8, 4) is 11.5 Å². The van der Waals surface area contributed by atoms with Gasteiger partial charge in [-0.25, -0.2) is 18.4 Å². The van der Waals surface area contributed by atoms with E-state index in [1.54, 1.807) is 0 Å². The Morgan fingerprint density at radius 2 is 1.86 bits per heavy atom. The molecule has 3 saturated carbocycles. The summed E-state index contributed by atoms with van der Waals surface area (Å²) in [6, 6.07) is 1.43. The molecular weight excluding hydrogens is 370 g/mol. The molecule has 0 N–H and O–H groups in total. The Hall–Kier alpha value is -2.44. The molecule has 3 aliphatic carbocycles. The zero-order valence-electron chi connectivity index (χ0n) is 15.8. The third kappa shape index (κ3) is 2.97. The average molecular weight is 392 g/mol. The molecule has 0 heterocycles. The molecule has 0 aliphatic heterocycles. The number of esters is 2. The van der Waals surface area contributed by atoms with E-state index in [9.17, 15) is 18.4 Å². The van der Waals surface area contributed by atoms with Crippen LogP contribution in [0.5, 0.6) is 11.5 Å². The minimum Gasteiger partial charge on any atom is -0.479 e. The van der Waals surface area contributed by atoms with E-state index < -0.39 is 47.3 Å². The van der Waals surface area contributed by atoms with Crippen molar-refractivity contribution in [2.45, 2.75) is 38.7 Å². The molecule has 0 radical (unpaired) electrons. The monoisotopic (exact) mass is 392 g/mol. The first kappa shape index (κ1) is 18.9. The van der Waals surface area contributed by atoms with Crippen LogP contribution in [0.4, 0.5) is 8.78 Å². The number of carbonyl (C=O) groups is 2. The molecule has 0 spiro atoms. The van der Waals surface area contributed by atoms with E-state index in [1.165, 1.54) is 6.92 Å². The summed E-state index contributed by atoms with van der Waals surface area (Å²) in [5.74, 6) is -2.22. The standard InChI is InChI=1S/C21H22F2O5/c1-10(2)20(25)27-18-8-15(22)17(7-16(18)23)26-9-19(24)28-21(3)12-4-11-5-14(21)13(11)6-12/h7-8,11-14H,1,4-6,9H2,2-3H3. The van der Waals surface area contributed by atoms with E-state index in [1.807, 2.05) is 6.92 Å². The Morgan fingerprint density at radius 3 is 2.46 bits per heavy atom. The quantitative estimate of drug-likeness (QED) is 0.419. The number of rotatable bonds is 6. The van der Waals surface area contributed by atoms with Gasteiger partial charge < -0.3 is 14.2 Å². The van der Waals surface area contributed by atoms with Crippen molar-refractivity contribution in [1.82, 2.24) is 0 Å². The molecular formula is C21H22F2O5. The van der Waals surface area contributed by atoms with Crippen molar-refractivity contribution in [3.05, 3.63) is 35.9 Å². The predicted octanol–water partition coefficient (Wildman–Crippen LogP) is 3.80. The van der Waals surface area contributed by atoms with Gasteiger partial charge in [0, 0.05) is 23.6 Å². The molecule has 2 bridgehead atoms. The largest absolute Gasteiger partial charge is 0.479 e. The van der Waals surface area contributed by atoms with Crippen LogP contribution in [-0.2, 0) is 14.3 Å². The third-order valence-electron chi connectivity index (χ3n) is 6.59. The molecule has 28 heavy (non-hydrogen) atoms. The van der Waals surface area contributed by atoms with E-state index in [4.69, 9.17) is 14.2 Å². The number of ether oxygens (including phenoxy) is 3. The first-order valence-corrected chi connectivity index (χ1v) is 9.40. The fraction of sp³-hybridized carbons (Fsp3) is 0.524. The smallest absolute Gasteiger partial charge is 0.344 e. The lowest BCUT2D eigenvalue weighted by molar-refractivity contribution is -0.187. The van der Waals surface area contributed by atoms with Crippen LogP contribution >= 0.6 is 0 Å². The summed E-state index contributed by atoms with van der Waals surface area (Å²) in [4.78, 5) is 23.7. The summed E-state index contributed by atoms with van der Waals surface area (Å²) in [5, 5.41) is 0. The summed E-state index contributed by atoms with van der Waals surface area (Å²) in [6.07, 6.45) is 3.29. The van der Waals surface area contributed by atoms with Gasteiger partial charge in [0.1, 0.15) is 5.60 Å². The van der Waals surface area contributed by atoms with Crippen molar-refractivity contribution in [1.29, 1.82) is 0 Å². The Labute approximate surface area is 161 Å². The molecule has 1 aromatic carbocycles. The second-order valence-electron chi connectivity index (χ2n) is 8.26. The number of carbonyl (C=O) groups excluding carboxylic acids is 2. The second-order valence-corrected chi connectivity index (χ2v) is 8.26. The maximum atomic E-state index is 14.1.